The second-order valence-electron chi connectivity index (χ2n) is 6.60. The van der Waals surface area contributed by atoms with Crippen LogP contribution in [-0.2, 0) is 0 Å². The summed E-state index contributed by atoms with van der Waals surface area (Å²) in [6.45, 7) is 7.73. The molecule has 0 aromatic heterocycles. The Balaban J connectivity index is 2.07. The SMILES string of the molecule is CC(C)(C)NCC1CCCC1c1ccc(Cl)c(Cl)c1. The molecule has 1 fully saturated rings. The zero-order chi connectivity index (χ0) is 14.0. The van der Waals surface area contributed by atoms with E-state index in [0.29, 0.717) is 21.9 Å². The lowest BCUT2D eigenvalue weighted by molar-refractivity contribution is 0.356. The lowest BCUT2D eigenvalue weighted by atomic mass is 9.88. The summed E-state index contributed by atoms with van der Waals surface area (Å²) in [5, 5.41) is 4.95. The van der Waals surface area contributed by atoms with Gasteiger partial charge in [-0.25, -0.2) is 0 Å². The van der Waals surface area contributed by atoms with Gasteiger partial charge >= 0.3 is 0 Å². The number of nitrogens with one attached hydrogen (secondary N) is 1. The maximum Gasteiger partial charge on any atom is 0.0595 e. The fourth-order valence-electron chi connectivity index (χ4n) is 2.90. The summed E-state index contributed by atoms with van der Waals surface area (Å²) in [5.74, 6) is 1.32. The molecule has 1 nitrogen and oxygen atoms in total. The van der Waals surface area contributed by atoms with Crippen molar-refractivity contribution < 1.29 is 0 Å². The smallest absolute Gasteiger partial charge is 0.0595 e. The van der Waals surface area contributed by atoms with Gasteiger partial charge in [-0.2, -0.15) is 0 Å². The van der Waals surface area contributed by atoms with Crippen LogP contribution in [0, 0.1) is 5.92 Å². The van der Waals surface area contributed by atoms with Crippen molar-refractivity contribution in [2.75, 3.05) is 6.54 Å². The topological polar surface area (TPSA) is 12.0 Å². The molecule has 0 amide bonds. The number of rotatable bonds is 3. The monoisotopic (exact) mass is 299 g/mol. The molecule has 0 spiro atoms. The summed E-state index contributed by atoms with van der Waals surface area (Å²) in [7, 11) is 0. The lowest BCUT2D eigenvalue weighted by Gasteiger charge is -2.27. The van der Waals surface area contributed by atoms with Crippen LogP contribution in [-0.4, -0.2) is 12.1 Å². The molecule has 2 unspecified atom stereocenters. The molecule has 1 N–H and O–H groups in total. The molecule has 1 aromatic carbocycles. The van der Waals surface area contributed by atoms with Gasteiger partial charge in [0.1, 0.15) is 0 Å². The second kappa shape index (κ2) is 6.03. The molecule has 1 aliphatic carbocycles. The standard InChI is InChI=1S/C16H23Cl2N/c1-16(2,3)19-10-12-5-4-6-13(12)11-7-8-14(17)15(18)9-11/h7-9,12-13,19H,4-6,10H2,1-3H3. The van der Waals surface area contributed by atoms with E-state index in [1.807, 2.05) is 12.1 Å². The Morgan fingerprint density at radius 2 is 1.89 bits per heavy atom. The Hall–Kier alpha value is -0.240. The third-order valence-electron chi connectivity index (χ3n) is 3.93. The highest BCUT2D eigenvalue weighted by Gasteiger charge is 2.29. The second-order valence-corrected chi connectivity index (χ2v) is 7.42. The largest absolute Gasteiger partial charge is 0.312 e. The Bertz CT molecular complexity index is 437. The first kappa shape index (κ1) is 15.2. The van der Waals surface area contributed by atoms with Crippen molar-refractivity contribution in [2.24, 2.45) is 5.92 Å². The van der Waals surface area contributed by atoms with Gasteiger partial charge in [-0.15, -0.1) is 0 Å². The molecule has 1 aromatic rings. The Morgan fingerprint density at radius 1 is 1.16 bits per heavy atom. The third-order valence-corrected chi connectivity index (χ3v) is 4.66. The number of hydrogen-bond acceptors (Lipinski definition) is 1. The summed E-state index contributed by atoms with van der Waals surface area (Å²) in [6, 6.07) is 6.10. The molecule has 106 valence electrons. The van der Waals surface area contributed by atoms with E-state index in [1.54, 1.807) is 0 Å². The number of benzene rings is 1. The highest BCUT2D eigenvalue weighted by Crippen LogP contribution is 2.41. The summed E-state index contributed by atoms with van der Waals surface area (Å²) >= 11 is 12.1. The molecule has 2 atom stereocenters. The van der Waals surface area contributed by atoms with Gasteiger partial charge in [-0.3, -0.25) is 0 Å². The van der Waals surface area contributed by atoms with Crippen LogP contribution in [0.25, 0.3) is 0 Å². The van der Waals surface area contributed by atoms with Crippen molar-refractivity contribution >= 4 is 23.2 Å². The van der Waals surface area contributed by atoms with E-state index in [2.05, 4.69) is 32.2 Å². The van der Waals surface area contributed by atoms with Crippen molar-refractivity contribution in [3.63, 3.8) is 0 Å². The van der Waals surface area contributed by atoms with Gasteiger partial charge in [0.2, 0.25) is 0 Å². The van der Waals surface area contributed by atoms with Crippen LogP contribution in [0.1, 0.15) is 51.5 Å². The molecular formula is C16H23Cl2N. The predicted molar refractivity (Wildman–Crippen MR) is 84.3 cm³/mol. The quantitative estimate of drug-likeness (QED) is 0.802. The van der Waals surface area contributed by atoms with Crippen LogP contribution in [0.5, 0.6) is 0 Å². The molecule has 1 aliphatic rings. The third kappa shape index (κ3) is 4.11. The zero-order valence-corrected chi connectivity index (χ0v) is 13.5. The zero-order valence-electron chi connectivity index (χ0n) is 12.0. The first-order valence-electron chi connectivity index (χ1n) is 7.07. The Labute approximate surface area is 126 Å². The fourth-order valence-corrected chi connectivity index (χ4v) is 3.21. The first-order chi connectivity index (χ1) is 8.87. The van der Waals surface area contributed by atoms with Gasteiger partial charge in [-0.05, 0) is 69.7 Å². The summed E-state index contributed by atoms with van der Waals surface area (Å²) in [4.78, 5) is 0. The molecule has 0 aliphatic heterocycles. The molecule has 0 heterocycles. The van der Waals surface area contributed by atoms with Crippen molar-refractivity contribution in [1.82, 2.24) is 5.32 Å². The molecular weight excluding hydrogens is 277 g/mol. The van der Waals surface area contributed by atoms with Crippen LogP contribution in [0.4, 0.5) is 0 Å². The van der Waals surface area contributed by atoms with Gasteiger partial charge in [-0.1, -0.05) is 35.7 Å². The van der Waals surface area contributed by atoms with Crippen molar-refractivity contribution in [1.29, 1.82) is 0 Å². The predicted octanol–water partition coefficient (Wildman–Crippen LogP) is 5.27. The molecule has 0 bridgehead atoms. The molecule has 19 heavy (non-hydrogen) atoms. The number of halogens is 2. The van der Waals surface area contributed by atoms with Gasteiger partial charge in [0, 0.05) is 5.54 Å². The van der Waals surface area contributed by atoms with E-state index in [1.165, 1.54) is 24.8 Å². The van der Waals surface area contributed by atoms with Gasteiger partial charge < -0.3 is 5.32 Å². The molecule has 0 radical (unpaired) electrons. The van der Waals surface area contributed by atoms with Crippen LogP contribution >= 0.6 is 23.2 Å². The highest BCUT2D eigenvalue weighted by atomic mass is 35.5. The van der Waals surface area contributed by atoms with E-state index in [-0.39, 0.29) is 5.54 Å². The van der Waals surface area contributed by atoms with Crippen LogP contribution in [0.15, 0.2) is 18.2 Å². The van der Waals surface area contributed by atoms with Gasteiger partial charge in [0.25, 0.3) is 0 Å². The van der Waals surface area contributed by atoms with Gasteiger partial charge in [0.05, 0.1) is 10.0 Å². The average molecular weight is 300 g/mol. The summed E-state index contributed by atoms with van der Waals surface area (Å²) in [5.41, 5.74) is 1.53. The van der Waals surface area contributed by atoms with Gasteiger partial charge in [0.15, 0.2) is 0 Å². The summed E-state index contributed by atoms with van der Waals surface area (Å²) < 4.78 is 0. The highest BCUT2D eigenvalue weighted by molar-refractivity contribution is 6.42. The van der Waals surface area contributed by atoms with Crippen LogP contribution < -0.4 is 5.32 Å². The normalized spacial score (nSPS) is 23.8. The number of hydrogen-bond donors (Lipinski definition) is 1. The van der Waals surface area contributed by atoms with E-state index < -0.39 is 0 Å². The minimum Gasteiger partial charge on any atom is -0.312 e. The van der Waals surface area contributed by atoms with E-state index in [9.17, 15) is 0 Å². The Kier molecular flexibility index (Phi) is 4.81. The molecule has 1 saturated carbocycles. The minimum atomic E-state index is 0.185. The summed E-state index contributed by atoms with van der Waals surface area (Å²) in [6.07, 6.45) is 3.86. The molecule has 2 rings (SSSR count). The van der Waals surface area contributed by atoms with E-state index >= 15 is 0 Å². The molecule has 3 heteroatoms. The van der Waals surface area contributed by atoms with Crippen LogP contribution in [0.3, 0.4) is 0 Å². The average Bonchev–Trinajstić information content (AvgIpc) is 2.77. The molecule has 0 saturated heterocycles. The maximum absolute atomic E-state index is 6.14. The van der Waals surface area contributed by atoms with Crippen LogP contribution in [0.2, 0.25) is 10.0 Å². The van der Waals surface area contributed by atoms with E-state index in [0.717, 1.165) is 6.54 Å². The fraction of sp³-hybridized carbons (Fsp3) is 0.625. The van der Waals surface area contributed by atoms with Crippen molar-refractivity contribution in [3.05, 3.63) is 33.8 Å². The van der Waals surface area contributed by atoms with E-state index in [4.69, 9.17) is 23.2 Å². The van der Waals surface area contributed by atoms with Crippen molar-refractivity contribution in [2.45, 2.75) is 51.5 Å². The first-order valence-corrected chi connectivity index (χ1v) is 7.82. The maximum atomic E-state index is 6.14. The minimum absolute atomic E-state index is 0.185. The lowest BCUT2D eigenvalue weighted by Crippen LogP contribution is -2.39. The Morgan fingerprint density at radius 3 is 2.53 bits per heavy atom. The van der Waals surface area contributed by atoms with Crippen molar-refractivity contribution in [3.8, 4) is 0 Å².